The quantitative estimate of drug-likeness (QED) is 0.265. The Morgan fingerprint density at radius 2 is 1.39 bits per heavy atom. The van der Waals surface area contributed by atoms with Crippen LogP contribution in [0.1, 0.15) is 60.5 Å². The van der Waals surface area contributed by atoms with E-state index in [0.717, 1.165) is 23.6 Å². The van der Waals surface area contributed by atoms with Gasteiger partial charge in [-0.2, -0.15) is 0 Å². The Morgan fingerprint density at radius 3 is 2.06 bits per heavy atom. The number of aromatic nitrogens is 2. The molecule has 0 bridgehead atoms. The van der Waals surface area contributed by atoms with Crippen molar-refractivity contribution in [3.05, 3.63) is 84.1 Å². The normalized spacial score (nSPS) is 22.3. The van der Waals surface area contributed by atoms with Gasteiger partial charge in [0.05, 0.1) is 17.4 Å². The topological polar surface area (TPSA) is 17.3 Å². The summed E-state index contributed by atoms with van der Waals surface area (Å²) in [5.74, 6) is -5.22. The fourth-order valence-corrected chi connectivity index (χ4v) is 4.15. The number of benzene rings is 3. The molecule has 0 aliphatic carbocycles. The third-order valence-electron chi connectivity index (χ3n) is 5.29. The molecule has 156 valence electrons. The van der Waals surface area contributed by atoms with Gasteiger partial charge in [0.2, 0.25) is 0 Å². The van der Waals surface area contributed by atoms with Gasteiger partial charge >= 0.3 is 0 Å². The first kappa shape index (κ1) is 8.78. The van der Waals surface area contributed by atoms with Crippen molar-refractivity contribution in [1.82, 2.24) is 9.38 Å². The third kappa shape index (κ3) is 3.40. The summed E-state index contributed by atoms with van der Waals surface area (Å²) in [7, 11) is 0. The van der Waals surface area contributed by atoms with Gasteiger partial charge in [-0.05, 0) is 47.2 Å². The molecule has 0 aliphatic rings. The van der Waals surface area contributed by atoms with E-state index in [-0.39, 0.29) is 5.69 Å². The molecule has 0 N–H and O–H groups in total. The molecule has 0 aliphatic heterocycles. The fraction of sp³-hybridized carbons (Fsp3) is 0.276. The highest BCUT2D eigenvalue weighted by molar-refractivity contribution is 6.12. The van der Waals surface area contributed by atoms with Gasteiger partial charge < -0.3 is 0 Å². The molecule has 31 heavy (non-hydrogen) atoms. The first-order valence-corrected chi connectivity index (χ1v) is 9.82. The van der Waals surface area contributed by atoms with E-state index in [2.05, 4.69) is 4.98 Å². The number of hydrogen-bond acceptors (Lipinski definition) is 1. The number of pyridine rings is 1. The van der Waals surface area contributed by atoms with Crippen molar-refractivity contribution in [2.24, 2.45) is 11.8 Å². The van der Waals surface area contributed by atoms with Gasteiger partial charge in [0, 0.05) is 38.3 Å². The van der Waals surface area contributed by atoms with Crippen molar-refractivity contribution < 1.29 is 21.9 Å². The van der Waals surface area contributed by atoms with Crippen molar-refractivity contribution in [2.45, 2.75) is 40.2 Å². The van der Waals surface area contributed by atoms with Gasteiger partial charge in [-0.25, -0.2) is 4.98 Å². The van der Waals surface area contributed by atoms with E-state index in [0.29, 0.717) is 21.9 Å². The number of rotatable bonds is 5. The molecular formula is C29H30N2. The zero-order valence-electron chi connectivity index (χ0n) is 32.5. The van der Waals surface area contributed by atoms with E-state index in [9.17, 15) is 0 Å². The van der Waals surface area contributed by atoms with Gasteiger partial charge in [0.15, 0.2) is 0 Å². The van der Waals surface area contributed by atoms with E-state index in [1.165, 1.54) is 6.20 Å². The van der Waals surface area contributed by atoms with Gasteiger partial charge in [-0.15, -0.1) is 0 Å². The third-order valence-corrected chi connectivity index (χ3v) is 5.29. The van der Waals surface area contributed by atoms with Crippen LogP contribution in [0.5, 0.6) is 0 Å². The van der Waals surface area contributed by atoms with Crippen LogP contribution in [0.2, 0.25) is 0 Å². The van der Waals surface area contributed by atoms with Crippen LogP contribution < -0.4 is 0 Å². The molecule has 5 rings (SSSR count). The monoisotopic (exact) mass is 422 g/mol. The Labute approximate surface area is 207 Å². The number of fused-ring (bicyclic) bond motifs is 6. The average Bonchev–Trinajstić information content (AvgIpc) is 3.34. The molecule has 2 aromatic heterocycles. The van der Waals surface area contributed by atoms with Gasteiger partial charge in [0.25, 0.3) is 0 Å². The average molecular weight is 423 g/mol. The predicted octanol–water partition coefficient (Wildman–Crippen LogP) is 7.70. The van der Waals surface area contributed by atoms with E-state index in [1.54, 1.807) is 34.7 Å². The molecule has 0 fully saturated rings. The largest absolute Gasteiger partial charge is 0.292 e. The Morgan fingerprint density at radius 1 is 0.774 bits per heavy atom. The number of nitrogens with zero attached hydrogens (tertiary/aromatic N) is 2. The molecule has 2 nitrogen and oxygen atoms in total. The highest BCUT2D eigenvalue weighted by Gasteiger charge is 2.19. The van der Waals surface area contributed by atoms with E-state index >= 15 is 0 Å². The molecule has 0 amide bonds. The summed E-state index contributed by atoms with van der Waals surface area (Å²) in [6.45, 7) is -13.5. The lowest BCUT2D eigenvalue weighted by atomic mass is 9.89. The highest BCUT2D eigenvalue weighted by Crippen LogP contribution is 2.36. The van der Waals surface area contributed by atoms with Crippen molar-refractivity contribution in [1.29, 1.82) is 0 Å². The molecular weight excluding hydrogens is 376 g/mol. The summed E-state index contributed by atoms with van der Waals surface area (Å²) in [5.41, 5.74) is -0.725. The molecule has 3 aromatic carbocycles. The van der Waals surface area contributed by atoms with Gasteiger partial charge in [-0.1, -0.05) is 88.1 Å². The number of imidazole rings is 1. The lowest BCUT2D eigenvalue weighted by molar-refractivity contribution is 0.637. The van der Waals surface area contributed by atoms with Gasteiger partial charge in [-0.3, -0.25) is 4.40 Å². The van der Waals surface area contributed by atoms with Crippen molar-refractivity contribution in [3.63, 3.8) is 0 Å². The van der Waals surface area contributed by atoms with E-state index < -0.39 is 68.7 Å². The lowest BCUT2D eigenvalue weighted by Gasteiger charge is -2.19. The lowest BCUT2D eigenvalue weighted by Crippen LogP contribution is -2.05. The second-order valence-corrected chi connectivity index (χ2v) is 7.25. The smallest absolute Gasteiger partial charge is 0.145 e. The maximum Gasteiger partial charge on any atom is 0.145 e. The molecule has 0 radical (unpaired) electrons. The minimum atomic E-state index is -3.37. The summed E-state index contributed by atoms with van der Waals surface area (Å²) in [4.78, 5) is 4.58. The Balaban J connectivity index is 2.01. The van der Waals surface area contributed by atoms with Crippen molar-refractivity contribution in [3.8, 4) is 11.3 Å². The molecule has 0 unspecified atom stereocenters. The van der Waals surface area contributed by atoms with Crippen molar-refractivity contribution in [2.75, 3.05) is 0 Å². The van der Waals surface area contributed by atoms with Crippen LogP contribution in [0, 0.1) is 11.8 Å². The summed E-state index contributed by atoms with van der Waals surface area (Å²) >= 11 is 0. The second kappa shape index (κ2) is 7.85. The highest BCUT2D eigenvalue weighted by atomic mass is 15.0. The first-order valence-electron chi connectivity index (χ1n) is 17.8. The number of hydrogen-bond donors (Lipinski definition) is 0. The van der Waals surface area contributed by atoms with Crippen LogP contribution in [-0.2, 0) is 12.7 Å². The minimum Gasteiger partial charge on any atom is -0.292 e. The summed E-state index contributed by atoms with van der Waals surface area (Å²) < 4.78 is 134. The predicted molar refractivity (Wildman–Crippen MR) is 133 cm³/mol. The standard InChI is InChI=1S/C29H30N2/c1-19(2)16-21-10-9-11-22(17-20(3)4)28(21)27-18-30-29-25-14-6-5-12-23(25)24-13-7-8-15-26(24)31(27)29/h5-15,18-20H,16-17H2,1-4H3/i1D3,2D3,3D3,4D3,16D2,17D2. The zero-order valence-corrected chi connectivity index (χ0v) is 16.5. The Bertz CT molecular complexity index is 1870. The Hall–Kier alpha value is -3.13. The van der Waals surface area contributed by atoms with E-state index in [1.807, 2.05) is 18.2 Å². The van der Waals surface area contributed by atoms with Gasteiger partial charge in [0.1, 0.15) is 5.65 Å². The van der Waals surface area contributed by atoms with Crippen LogP contribution in [0.15, 0.2) is 72.9 Å². The summed E-state index contributed by atoms with van der Waals surface area (Å²) in [6.07, 6.45) is -5.16. The first-order chi connectivity index (χ1) is 21.4. The zero-order chi connectivity index (χ0) is 35.1. The summed E-state index contributed by atoms with van der Waals surface area (Å²) in [5, 5.41) is 2.17. The van der Waals surface area contributed by atoms with Crippen LogP contribution in [0.25, 0.3) is 38.6 Å². The Kier molecular flexibility index (Phi) is 2.22. The molecule has 0 spiro atoms. The van der Waals surface area contributed by atoms with Crippen LogP contribution in [0.3, 0.4) is 0 Å². The number of para-hydroxylation sites is 1. The molecule has 0 atom stereocenters. The van der Waals surface area contributed by atoms with Crippen LogP contribution in [-0.4, -0.2) is 9.38 Å². The molecule has 5 aromatic rings. The fourth-order valence-electron chi connectivity index (χ4n) is 4.15. The second-order valence-electron chi connectivity index (χ2n) is 7.25. The summed E-state index contributed by atoms with van der Waals surface area (Å²) in [6, 6.07) is 17.7. The maximum atomic E-state index is 9.11. The van der Waals surface area contributed by atoms with Crippen LogP contribution in [0.4, 0.5) is 0 Å². The molecule has 2 heteroatoms. The van der Waals surface area contributed by atoms with Crippen LogP contribution >= 0.6 is 0 Å². The van der Waals surface area contributed by atoms with E-state index in [4.69, 9.17) is 21.9 Å². The maximum absolute atomic E-state index is 9.11. The molecule has 2 heterocycles. The molecule has 0 saturated carbocycles. The van der Waals surface area contributed by atoms with Crippen molar-refractivity contribution >= 4 is 27.3 Å². The minimum absolute atomic E-state index is 0.0232. The SMILES string of the molecule is [2H]C([2H])([2H])C(C([2H])([2H])[2H])C([2H])([2H])c1cccc(C([2H])([2H])C(C([2H])([2H])[2H])C([2H])([2H])[2H])c1-c1cnc2c3ccccc3c3ccccc3n12. The molecule has 0 saturated heterocycles.